The Labute approximate surface area is 287 Å². The smallest absolute Gasteiger partial charge is 0.306 e. The number of rotatable bonds is 37. The zero-order chi connectivity index (χ0) is 33.6. The first-order chi connectivity index (χ1) is 22.6. The third-order valence-corrected chi connectivity index (χ3v) is 9.17. The van der Waals surface area contributed by atoms with E-state index in [-0.39, 0.29) is 12.1 Å². The molecule has 4 nitrogen and oxygen atoms in total. The Morgan fingerprint density at radius 1 is 0.500 bits per heavy atom. The van der Waals surface area contributed by atoms with Crippen molar-refractivity contribution in [2.75, 3.05) is 0 Å². The van der Waals surface area contributed by atoms with Crippen molar-refractivity contribution in [1.29, 1.82) is 0 Å². The van der Waals surface area contributed by atoms with Crippen molar-refractivity contribution in [2.45, 2.75) is 232 Å². The molecule has 0 aliphatic rings. The lowest BCUT2D eigenvalue weighted by Gasteiger charge is -2.13. The number of carboxylic acids is 1. The molecule has 0 aromatic heterocycles. The van der Waals surface area contributed by atoms with E-state index >= 15 is 0 Å². The van der Waals surface area contributed by atoms with Crippen LogP contribution < -0.4 is 0 Å². The molecular weight excluding hydrogens is 568 g/mol. The zero-order valence-electron chi connectivity index (χ0n) is 30.9. The molecule has 1 unspecified atom stereocenters. The molecule has 270 valence electrons. The van der Waals surface area contributed by atoms with E-state index in [0.29, 0.717) is 12.8 Å². The van der Waals surface area contributed by atoms with Gasteiger partial charge in [0.2, 0.25) is 0 Å². The first-order valence-electron chi connectivity index (χ1n) is 20.3. The summed E-state index contributed by atoms with van der Waals surface area (Å²) < 4.78 is 5.65. The van der Waals surface area contributed by atoms with Crippen LogP contribution in [0.5, 0.6) is 0 Å². The Morgan fingerprint density at radius 3 is 1.30 bits per heavy atom. The maximum atomic E-state index is 12.2. The number of ether oxygens (including phenoxy) is 1. The van der Waals surface area contributed by atoms with Crippen LogP contribution in [0, 0.1) is 0 Å². The summed E-state index contributed by atoms with van der Waals surface area (Å²) >= 11 is 0. The third-order valence-electron chi connectivity index (χ3n) is 9.17. The van der Waals surface area contributed by atoms with E-state index in [0.717, 1.165) is 38.5 Å². The van der Waals surface area contributed by atoms with Crippen LogP contribution in [0.2, 0.25) is 0 Å². The molecule has 46 heavy (non-hydrogen) atoms. The van der Waals surface area contributed by atoms with E-state index in [9.17, 15) is 9.59 Å². The molecular formula is C42H78O4. The van der Waals surface area contributed by atoms with Gasteiger partial charge in [-0.1, -0.05) is 172 Å². The van der Waals surface area contributed by atoms with Crippen molar-refractivity contribution < 1.29 is 19.4 Å². The Bertz CT molecular complexity index is 698. The van der Waals surface area contributed by atoms with Crippen LogP contribution in [0.15, 0.2) is 24.3 Å². The summed E-state index contributed by atoms with van der Waals surface area (Å²) in [4.78, 5) is 22.7. The highest BCUT2D eigenvalue weighted by molar-refractivity contribution is 5.69. The number of aliphatic carboxylic acids is 1. The fourth-order valence-electron chi connectivity index (χ4n) is 6.14. The molecule has 0 saturated carbocycles. The largest absolute Gasteiger partial charge is 0.481 e. The van der Waals surface area contributed by atoms with Crippen molar-refractivity contribution in [1.82, 2.24) is 0 Å². The molecule has 1 atom stereocenters. The lowest BCUT2D eigenvalue weighted by molar-refractivity contribution is -0.148. The van der Waals surface area contributed by atoms with Gasteiger partial charge in [0.1, 0.15) is 0 Å². The van der Waals surface area contributed by atoms with Crippen molar-refractivity contribution in [2.24, 2.45) is 0 Å². The van der Waals surface area contributed by atoms with Crippen molar-refractivity contribution in [3.05, 3.63) is 24.3 Å². The lowest BCUT2D eigenvalue weighted by atomic mass is 10.0. The summed E-state index contributed by atoms with van der Waals surface area (Å²) in [6.07, 6.45) is 49.1. The van der Waals surface area contributed by atoms with Gasteiger partial charge in [-0.2, -0.15) is 0 Å². The number of hydrogen-bond acceptors (Lipinski definition) is 3. The van der Waals surface area contributed by atoms with E-state index < -0.39 is 5.97 Å². The maximum absolute atomic E-state index is 12.2. The van der Waals surface area contributed by atoms with E-state index in [1.165, 1.54) is 161 Å². The van der Waals surface area contributed by atoms with Crippen LogP contribution in [0.4, 0.5) is 0 Å². The summed E-state index contributed by atoms with van der Waals surface area (Å²) in [5.74, 6) is -0.664. The van der Waals surface area contributed by atoms with Gasteiger partial charge in [0.25, 0.3) is 0 Å². The predicted octanol–water partition coefficient (Wildman–Crippen LogP) is 14.0. The first kappa shape index (κ1) is 44.4. The molecule has 0 radical (unpaired) electrons. The second kappa shape index (κ2) is 37.9. The summed E-state index contributed by atoms with van der Waals surface area (Å²) in [5, 5.41) is 8.65. The van der Waals surface area contributed by atoms with Gasteiger partial charge >= 0.3 is 11.9 Å². The van der Waals surface area contributed by atoms with Crippen molar-refractivity contribution in [3.63, 3.8) is 0 Å². The van der Waals surface area contributed by atoms with E-state index in [1.54, 1.807) is 0 Å². The molecule has 4 heteroatoms. The molecule has 0 amide bonds. The first-order valence-corrected chi connectivity index (χ1v) is 20.3. The summed E-state index contributed by atoms with van der Waals surface area (Å²) in [7, 11) is 0. The van der Waals surface area contributed by atoms with Crippen molar-refractivity contribution in [3.8, 4) is 0 Å². The monoisotopic (exact) mass is 647 g/mol. The number of esters is 1. The highest BCUT2D eigenvalue weighted by Crippen LogP contribution is 2.16. The fraction of sp³-hybridized carbons (Fsp3) is 0.857. The van der Waals surface area contributed by atoms with Gasteiger partial charge in [-0.3, -0.25) is 9.59 Å². The number of allylic oxidation sites excluding steroid dienone is 4. The minimum absolute atomic E-state index is 0.00326. The molecule has 0 aromatic rings. The Morgan fingerprint density at radius 2 is 0.870 bits per heavy atom. The molecule has 0 aliphatic carbocycles. The van der Waals surface area contributed by atoms with E-state index in [1.807, 2.05) is 0 Å². The number of unbranched alkanes of at least 4 members (excludes halogenated alkanes) is 26. The van der Waals surface area contributed by atoms with Gasteiger partial charge in [-0.05, 0) is 64.7 Å². The topological polar surface area (TPSA) is 63.6 Å². The fourth-order valence-corrected chi connectivity index (χ4v) is 6.14. The second-order valence-corrected chi connectivity index (χ2v) is 13.9. The minimum atomic E-state index is -0.660. The average Bonchev–Trinajstić information content (AvgIpc) is 3.03. The molecule has 0 aromatic carbocycles. The number of carbonyl (C=O) groups is 2. The van der Waals surface area contributed by atoms with Gasteiger partial charge < -0.3 is 9.84 Å². The molecule has 0 saturated heterocycles. The maximum Gasteiger partial charge on any atom is 0.306 e. The molecule has 0 aliphatic heterocycles. The Balaban J connectivity index is 3.31. The molecule has 0 heterocycles. The van der Waals surface area contributed by atoms with Crippen LogP contribution in [0.3, 0.4) is 0 Å². The summed E-state index contributed by atoms with van der Waals surface area (Å²) in [5.41, 5.74) is 0. The van der Waals surface area contributed by atoms with Gasteiger partial charge in [-0.25, -0.2) is 0 Å². The zero-order valence-corrected chi connectivity index (χ0v) is 30.9. The average molecular weight is 647 g/mol. The number of carbonyl (C=O) groups excluding carboxylic acids is 1. The number of hydrogen-bond donors (Lipinski definition) is 1. The molecule has 0 spiro atoms. The van der Waals surface area contributed by atoms with Gasteiger partial charge in [0.05, 0.1) is 6.10 Å². The lowest BCUT2D eigenvalue weighted by Crippen LogP contribution is -2.14. The highest BCUT2D eigenvalue weighted by atomic mass is 16.5. The SMILES string of the molecule is CCCCC/C=C\C/C=C\CCCCCCCC(=O)OC(C)CCCCCCCCCCCCCCCCCCCCCC(=O)O. The molecule has 1 N–H and O–H groups in total. The predicted molar refractivity (Wildman–Crippen MR) is 200 cm³/mol. The standard InChI is InChI=1S/C42H78O4/c1-3-4-5-6-7-8-9-10-16-21-24-27-30-33-36-39-42(45)46-40(2)37-34-31-28-25-22-19-17-14-12-11-13-15-18-20-23-26-29-32-35-38-41(43)44/h7-8,10,16,40H,3-6,9,11-15,17-39H2,1-2H3,(H,43,44)/b8-7-,16-10-. The third kappa shape index (κ3) is 38.6. The quantitative estimate of drug-likeness (QED) is 0.0414. The summed E-state index contributed by atoms with van der Waals surface area (Å²) in [6.45, 7) is 4.31. The highest BCUT2D eigenvalue weighted by Gasteiger charge is 2.09. The van der Waals surface area contributed by atoms with Gasteiger partial charge in [0.15, 0.2) is 0 Å². The van der Waals surface area contributed by atoms with Crippen LogP contribution in [-0.2, 0) is 14.3 Å². The Hall–Kier alpha value is -1.58. The van der Waals surface area contributed by atoms with Gasteiger partial charge in [-0.15, -0.1) is 0 Å². The van der Waals surface area contributed by atoms with Crippen LogP contribution in [-0.4, -0.2) is 23.1 Å². The Kier molecular flexibility index (Phi) is 36.6. The molecule has 0 fully saturated rings. The van der Waals surface area contributed by atoms with Crippen molar-refractivity contribution >= 4 is 11.9 Å². The second-order valence-electron chi connectivity index (χ2n) is 13.9. The molecule has 0 rings (SSSR count). The van der Waals surface area contributed by atoms with Gasteiger partial charge in [0, 0.05) is 12.8 Å². The summed E-state index contributed by atoms with van der Waals surface area (Å²) in [6, 6.07) is 0. The van der Waals surface area contributed by atoms with Crippen LogP contribution in [0.1, 0.15) is 226 Å². The van der Waals surface area contributed by atoms with Crippen LogP contribution in [0.25, 0.3) is 0 Å². The number of carboxylic acid groups (broad SMARTS) is 1. The van der Waals surface area contributed by atoms with Crippen LogP contribution >= 0.6 is 0 Å². The minimum Gasteiger partial charge on any atom is -0.481 e. The molecule has 0 bridgehead atoms. The van der Waals surface area contributed by atoms with E-state index in [2.05, 4.69) is 38.2 Å². The van der Waals surface area contributed by atoms with E-state index in [4.69, 9.17) is 9.84 Å². The normalized spacial score (nSPS) is 12.4.